The molecule has 1 aromatic carbocycles. The van der Waals surface area contributed by atoms with Crippen molar-refractivity contribution in [3.05, 3.63) is 59.9 Å². The van der Waals surface area contributed by atoms with E-state index < -0.39 is 0 Å². The molecular formula is C17H19N3O3. The van der Waals surface area contributed by atoms with Gasteiger partial charge in [0.05, 0.1) is 12.7 Å². The first kappa shape index (κ1) is 16.5. The van der Waals surface area contributed by atoms with Gasteiger partial charge in [-0.3, -0.25) is 9.78 Å². The second kappa shape index (κ2) is 8.53. The van der Waals surface area contributed by atoms with Gasteiger partial charge in [0, 0.05) is 37.6 Å². The van der Waals surface area contributed by atoms with E-state index in [0.717, 1.165) is 11.3 Å². The third-order valence-corrected chi connectivity index (χ3v) is 3.18. The quantitative estimate of drug-likeness (QED) is 0.764. The third kappa shape index (κ3) is 5.43. The predicted octanol–water partition coefficient (Wildman–Crippen LogP) is 1.99. The van der Waals surface area contributed by atoms with Crippen molar-refractivity contribution in [2.75, 3.05) is 19.0 Å². The number of ether oxygens (including phenoxy) is 1. The first-order chi connectivity index (χ1) is 11.2. The number of nitrogens with zero attached hydrogens (tertiary/aromatic N) is 1. The standard InChI is InChI=1S/C17H19N3O3/c1-23-17(22)14-5-2-6-15(10-14)19-9-7-16(21)20-12-13-4-3-8-18-11-13/h2-6,8,10-11,19H,7,9,12H2,1H3,(H,20,21). The molecule has 0 unspecified atom stereocenters. The van der Waals surface area contributed by atoms with Crippen LogP contribution in [0.5, 0.6) is 0 Å². The zero-order chi connectivity index (χ0) is 16.5. The Kier molecular flexibility index (Phi) is 6.11. The first-order valence-electron chi connectivity index (χ1n) is 7.27. The SMILES string of the molecule is COC(=O)c1cccc(NCCC(=O)NCc2cccnc2)c1. The topological polar surface area (TPSA) is 80.3 Å². The summed E-state index contributed by atoms with van der Waals surface area (Å²) in [6.07, 6.45) is 3.75. The maximum atomic E-state index is 11.8. The highest BCUT2D eigenvalue weighted by Crippen LogP contribution is 2.11. The van der Waals surface area contributed by atoms with E-state index in [1.54, 1.807) is 30.6 Å². The Bertz CT molecular complexity index is 659. The minimum atomic E-state index is -0.386. The van der Waals surface area contributed by atoms with Crippen molar-refractivity contribution in [2.24, 2.45) is 0 Å². The number of esters is 1. The largest absolute Gasteiger partial charge is 0.465 e. The smallest absolute Gasteiger partial charge is 0.337 e. The molecule has 0 atom stereocenters. The van der Waals surface area contributed by atoms with Crippen molar-refractivity contribution in [1.82, 2.24) is 10.3 Å². The predicted molar refractivity (Wildman–Crippen MR) is 87.0 cm³/mol. The molecule has 0 aliphatic rings. The van der Waals surface area contributed by atoms with Gasteiger partial charge in [-0.2, -0.15) is 0 Å². The molecule has 0 aliphatic heterocycles. The molecule has 1 heterocycles. The number of carbonyl (C=O) groups is 2. The molecule has 1 amide bonds. The van der Waals surface area contributed by atoms with Crippen LogP contribution >= 0.6 is 0 Å². The zero-order valence-corrected chi connectivity index (χ0v) is 12.9. The second-order valence-corrected chi connectivity index (χ2v) is 4.89. The van der Waals surface area contributed by atoms with Crippen LogP contribution in [0.15, 0.2) is 48.8 Å². The summed E-state index contributed by atoms with van der Waals surface area (Å²) in [5.74, 6) is -0.437. The molecule has 0 fully saturated rings. The fourth-order valence-electron chi connectivity index (χ4n) is 1.99. The third-order valence-electron chi connectivity index (χ3n) is 3.18. The minimum absolute atomic E-state index is 0.0505. The van der Waals surface area contributed by atoms with Crippen molar-refractivity contribution in [1.29, 1.82) is 0 Å². The van der Waals surface area contributed by atoms with E-state index in [-0.39, 0.29) is 11.9 Å². The summed E-state index contributed by atoms with van der Waals surface area (Å²) < 4.78 is 4.67. The fourth-order valence-corrected chi connectivity index (χ4v) is 1.99. The van der Waals surface area contributed by atoms with Gasteiger partial charge < -0.3 is 15.4 Å². The summed E-state index contributed by atoms with van der Waals surface area (Å²) in [5, 5.41) is 5.94. The second-order valence-electron chi connectivity index (χ2n) is 4.89. The number of pyridine rings is 1. The molecule has 0 radical (unpaired) electrons. The van der Waals surface area contributed by atoms with E-state index in [1.807, 2.05) is 18.2 Å². The van der Waals surface area contributed by atoms with E-state index in [0.29, 0.717) is 25.1 Å². The van der Waals surface area contributed by atoms with E-state index in [4.69, 9.17) is 0 Å². The average Bonchev–Trinajstić information content (AvgIpc) is 2.60. The summed E-state index contributed by atoms with van der Waals surface area (Å²) in [6, 6.07) is 10.7. The van der Waals surface area contributed by atoms with Crippen LogP contribution in [0.1, 0.15) is 22.3 Å². The number of aromatic nitrogens is 1. The summed E-state index contributed by atoms with van der Waals surface area (Å²) in [7, 11) is 1.34. The van der Waals surface area contributed by atoms with Gasteiger partial charge in [-0.25, -0.2) is 4.79 Å². The van der Waals surface area contributed by atoms with Crippen LogP contribution in [-0.2, 0) is 16.1 Å². The highest BCUT2D eigenvalue weighted by atomic mass is 16.5. The van der Waals surface area contributed by atoms with Crippen molar-refractivity contribution in [2.45, 2.75) is 13.0 Å². The van der Waals surface area contributed by atoms with Crippen LogP contribution in [0.3, 0.4) is 0 Å². The molecule has 0 saturated heterocycles. The minimum Gasteiger partial charge on any atom is -0.465 e. The highest BCUT2D eigenvalue weighted by Gasteiger charge is 2.06. The molecule has 2 rings (SSSR count). The molecule has 0 aliphatic carbocycles. The average molecular weight is 313 g/mol. The van der Waals surface area contributed by atoms with Crippen LogP contribution in [0, 0.1) is 0 Å². The van der Waals surface area contributed by atoms with E-state index in [9.17, 15) is 9.59 Å². The summed E-state index contributed by atoms with van der Waals surface area (Å²) in [4.78, 5) is 27.2. The van der Waals surface area contributed by atoms with Crippen LogP contribution in [0.2, 0.25) is 0 Å². The Hall–Kier alpha value is -2.89. The van der Waals surface area contributed by atoms with Crippen molar-refractivity contribution in [3.63, 3.8) is 0 Å². The monoisotopic (exact) mass is 313 g/mol. The van der Waals surface area contributed by atoms with Gasteiger partial charge >= 0.3 is 5.97 Å². The van der Waals surface area contributed by atoms with E-state index >= 15 is 0 Å². The van der Waals surface area contributed by atoms with Gasteiger partial charge in [-0.05, 0) is 29.8 Å². The number of hydrogen-bond acceptors (Lipinski definition) is 5. The van der Waals surface area contributed by atoms with Crippen molar-refractivity contribution >= 4 is 17.6 Å². The van der Waals surface area contributed by atoms with Gasteiger partial charge in [0.15, 0.2) is 0 Å². The van der Waals surface area contributed by atoms with Crippen molar-refractivity contribution < 1.29 is 14.3 Å². The maximum Gasteiger partial charge on any atom is 0.337 e. The van der Waals surface area contributed by atoms with Gasteiger partial charge in [0.1, 0.15) is 0 Å². The molecule has 23 heavy (non-hydrogen) atoms. The summed E-state index contributed by atoms with van der Waals surface area (Å²) >= 11 is 0. The number of rotatable bonds is 7. The maximum absolute atomic E-state index is 11.8. The van der Waals surface area contributed by atoms with Crippen LogP contribution in [0.4, 0.5) is 5.69 Å². The van der Waals surface area contributed by atoms with E-state index in [2.05, 4.69) is 20.4 Å². The summed E-state index contributed by atoms with van der Waals surface area (Å²) in [6.45, 7) is 0.938. The molecule has 0 bridgehead atoms. The normalized spacial score (nSPS) is 9.96. The molecule has 120 valence electrons. The Morgan fingerprint density at radius 1 is 1.22 bits per heavy atom. The number of methoxy groups -OCH3 is 1. The van der Waals surface area contributed by atoms with Gasteiger partial charge in [0.2, 0.25) is 5.91 Å². The first-order valence-corrected chi connectivity index (χ1v) is 7.27. The molecule has 2 N–H and O–H groups in total. The molecule has 6 heteroatoms. The Morgan fingerprint density at radius 2 is 2.09 bits per heavy atom. The Morgan fingerprint density at radius 3 is 2.83 bits per heavy atom. The highest BCUT2D eigenvalue weighted by molar-refractivity contribution is 5.90. The van der Waals surface area contributed by atoms with Gasteiger partial charge in [-0.1, -0.05) is 12.1 Å². The number of benzene rings is 1. The zero-order valence-electron chi connectivity index (χ0n) is 12.9. The lowest BCUT2D eigenvalue weighted by Gasteiger charge is -2.08. The van der Waals surface area contributed by atoms with Gasteiger partial charge in [-0.15, -0.1) is 0 Å². The van der Waals surface area contributed by atoms with E-state index in [1.165, 1.54) is 7.11 Å². The number of carbonyl (C=O) groups excluding carboxylic acids is 2. The molecule has 0 saturated carbocycles. The lowest BCUT2D eigenvalue weighted by atomic mass is 10.2. The lowest BCUT2D eigenvalue weighted by Crippen LogP contribution is -2.24. The number of hydrogen-bond donors (Lipinski definition) is 2. The van der Waals surface area contributed by atoms with Crippen molar-refractivity contribution in [3.8, 4) is 0 Å². The summed E-state index contributed by atoms with van der Waals surface area (Å²) in [5.41, 5.74) is 2.20. The van der Waals surface area contributed by atoms with Crippen LogP contribution in [-0.4, -0.2) is 30.5 Å². The number of nitrogens with one attached hydrogen (secondary N) is 2. The molecule has 6 nitrogen and oxygen atoms in total. The van der Waals surface area contributed by atoms with Crippen LogP contribution < -0.4 is 10.6 Å². The Balaban J connectivity index is 1.74. The van der Waals surface area contributed by atoms with Crippen LogP contribution in [0.25, 0.3) is 0 Å². The Labute approximate surface area is 134 Å². The molecule has 2 aromatic rings. The fraction of sp³-hybridized carbons (Fsp3) is 0.235. The van der Waals surface area contributed by atoms with Gasteiger partial charge in [0.25, 0.3) is 0 Å². The molecular weight excluding hydrogens is 294 g/mol. The molecule has 0 spiro atoms. The molecule has 1 aromatic heterocycles. The number of anilines is 1. The number of amides is 1. The lowest BCUT2D eigenvalue weighted by molar-refractivity contribution is -0.121.